The summed E-state index contributed by atoms with van der Waals surface area (Å²) in [6.45, 7) is 0. The van der Waals surface area contributed by atoms with Gasteiger partial charge in [0, 0.05) is 58.5 Å². The predicted octanol–water partition coefficient (Wildman–Crippen LogP) is -2.20. The zero-order valence-corrected chi connectivity index (χ0v) is 24.2. The average Bonchev–Trinajstić information content (AvgIpc) is 3.53. The van der Waals surface area contributed by atoms with Crippen LogP contribution in [0, 0.1) is 11.8 Å². The van der Waals surface area contributed by atoms with Crippen molar-refractivity contribution in [3.8, 4) is 0 Å². The van der Waals surface area contributed by atoms with Gasteiger partial charge >= 0.3 is 27.3 Å². The Balaban J connectivity index is 0. The van der Waals surface area contributed by atoms with Gasteiger partial charge in [0.1, 0.15) is 0 Å². The van der Waals surface area contributed by atoms with Gasteiger partial charge in [0.15, 0.2) is 15.4 Å². The summed E-state index contributed by atoms with van der Waals surface area (Å²) in [4.78, 5) is 32.4. The molecule has 13 nitrogen and oxygen atoms in total. The van der Waals surface area contributed by atoms with Crippen molar-refractivity contribution < 1.29 is 62.8 Å². The third-order valence-corrected chi connectivity index (χ3v) is 5.99. The Morgan fingerprint density at radius 2 is 1.06 bits per heavy atom. The van der Waals surface area contributed by atoms with Crippen LogP contribution in [0.2, 0.25) is 0 Å². The van der Waals surface area contributed by atoms with Crippen LogP contribution in [0.4, 0.5) is 15.4 Å². The zero-order chi connectivity index (χ0) is 22.8. The van der Waals surface area contributed by atoms with Crippen molar-refractivity contribution in [2.24, 2.45) is 11.8 Å². The first-order valence-corrected chi connectivity index (χ1v) is 11.5. The number of thiazole rings is 3. The summed E-state index contributed by atoms with van der Waals surface area (Å²) in [6.07, 6.45) is 5.27. The summed E-state index contributed by atoms with van der Waals surface area (Å²) in [7, 11) is 0. The van der Waals surface area contributed by atoms with Gasteiger partial charge in [-0.05, 0) is 12.8 Å². The summed E-state index contributed by atoms with van der Waals surface area (Å²) in [5, 5.41) is 28.7. The number of carboxylic acids is 2. The van der Waals surface area contributed by atoms with E-state index in [1.807, 2.05) is 16.1 Å². The first-order chi connectivity index (χ1) is 14.8. The maximum absolute atomic E-state index is 10.6. The molecule has 10 N–H and O–H groups in total. The number of aliphatic carboxylic acids is 2. The molecule has 0 spiro atoms. The zero-order valence-electron chi connectivity index (χ0n) is 17.7. The van der Waals surface area contributed by atoms with Gasteiger partial charge in [-0.2, -0.15) is 0 Å². The summed E-state index contributed by atoms with van der Waals surface area (Å²) >= 11 is 4.33. The number of carbonyl (C=O) groups is 2. The summed E-state index contributed by atoms with van der Waals surface area (Å²) < 4.78 is 5.18. The van der Waals surface area contributed by atoms with E-state index in [1.54, 1.807) is 18.6 Å². The number of fused-ring (bicyclic) bond motifs is 2. The molecule has 2 fully saturated rings. The molecule has 2 bridgehead atoms. The molecule has 34 heavy (non-hydrogen) atoms. The van der Waals surface area contributed by atoms with Gasteiger partial charge in [-0.15, -0.1) is 34.0 Å². The van der Waals surface area contributed by atoms with Crippen LogP contribution in [-0.2, 0) is 41.6 Å². The number of hydrogen-bond acceptors (Lipinski definition) is 14. The van der Waals surface area contributed by atoms with E-state index in [9.17, 15) is 19.8 Å². The number of hydrogen-bond donors (Lipinski definition) is 3. The largest absolute Gasteiger partial charge is 2.00 e. The van der Waals surface area contributed by atoms with Crippen LogP contribution in [0.1, 0.15) is 12.8 Å². The van der Waals surface area contributed by atoms with Crippen molar-refractivity contribution in [2.75, 3.05) is 17.2 Å². The van der Waals surface area contributed by atoms with Crippen molar-refractivity contribution >= 4 is 61.3 Å². The Morgan fingerprint density at radius 3 is 1.21 bits per heavy atom. The smallest absolute Gasteiger partial charge is 0.550 e. The minimum atomic E-state index is -1.35. The van der Waals surface area contributed by atoms with E-state index in [4.69, 9.17) is 21.9 Å². The fourth-order valence-electron chi connectivity index (χ4n) is 2.98. The van der Waals surface area contributed by atoms with Crippen LogP contribution in [0.3, 0.4) is 0 Å². The number of ether oxygens (including phenoxy) is 1. The van der Waals surface area contributed by atoms with Gasteiger partial charge in [-0.3, -0.25) is 0 Å². The summed E-state index contributed by atoms with van der Waals surface area (Å²) in [5.41, 5.74) is 15.6. The maximum Gasteiger partial charge on any atom is 2.00 e. The van der Waals surface area contributed by atoms with Crippen LogP contribution >= 0.6 is 34.0 Å². The Hall–Kier alpha value is -1.97. The minimum Gasteiger partial charge on any atom is -0.550 e. The molecule has 2 aliphatic rings. The molecule has 5 heterocycles. The SMILES string of the molecule is Nc1nccs1.Nc1nccs1.Nc1nccs1.O.O.O=C([O-])[C@@H]1[C@H](C(=O)[O-])[C@H]2CC[C@@H]1O2.[Cd+2]. The Labute approximate surface area is 226 Å². The second-order valence-corrected chi connectivity index (χ2v) is 8.87. The normalized spacial score (nSPS) is 20.7. The molecule has 0 aromatic carbocycles. The van der Waals surface area contributed by atoms with Crippen molar-refractivity contribution in [1.29, 1.82) is 0 Å². The first-order valence-electron chi connectivity index (χ1n) is 8.81. The van der Waals surface area contributed by atoms with E-state index in [2.05, 4.69) is 15.0 Å². The van der Waals surface area contributed by atoms with Crippen LogP contribution < -0.4 is 27.4 Å². The molecule has 4 atom stereocenters. The number of nitrogens with two attached hydrogens (primary N) is 3. The molecule has 2 aliphatic heterocycles. The van der Waals surface area contributed by atoms with E-state index < -0.39 is 36.0 Å². The Bertz CT molecular complexity index is 816. The van der Waals surface area contributed by atoms with Gasteiger partial charge in [-0.1, -0.05) is 0 Å². The van der Waals surface area contributed by atoms with E-state index in [0.29, 0.717) is 28.2 Å². The molecule has 2 saturated heterocycles. The molecular formula is C17H24CdN6O7S3. The molecule has 0 amide bonds. The Kier molecular flexibility index (Phi) is 17.6. The van der Waals surface area contributed by atoms with Gasteiger partial charge < -0.3 is 52.7 Å². The van der Waals surface area contributed by atoms with Crippen LogP contribution in [0.15, 0.2) is 34.7 Å². The average molecular weight is 633 g/mol. The van der Waals surface area contributed by atoms with Gasteiger partial charge in [0.25, 0.3) is 0 Å². The van der Waals surface area contributed by atoms with Crippen LogP contribution in [-0.4, -0.2) is 50.1 Å². The first kappa shape index (κ1) is 34.2. The summed E-state index contributed by atoms with van der Waals surface area (Å²) in [5.74, 6) is -4.74. The van der Waals surface area contributed by atoms with E-state index in [1.165, 1.54) is 34.0 Å². The topological polar surface area (TPSA) is 269 Å². The number of nitrogen functional groups attached to an aromatic ring is 3. The third-order valence-electron chi connectivity index (χ3n) is 4.17. The van der Waals surface area contributed by atoms with Crippen molar-refractivity contribution in [3.05, 3.63) is 34.7 Å². The van der Waals surface area contributed by atoms with Gasteiger partial charge in [0.05, 0.1) is 12.2 Å². The maximum atomic E-state index is 10.6. The molecule has 184 valence electrons. The Morgan fingerprint density at radius 1 is 0.765 bits per heavy atom. The van der Waals surface area contributed by atoms with Crippen molar-refractivity contribution in [2.45, 2.75) is 25.0 Å². The number of rotatable bonds is 2. The number of anilines is 3. The molecule has 3 aromatic heterocycles. The molecule has 17 heteroatoms. The van der Waals surface area contributed by atoms with Crippen LogP contribution in [0.25, 0.3) is 0 Å². The quantitative estimate of drug-likeness (QED) is 0.255. The molecular weight excluding hydrogens is 609 g/mol. The number of nitrogens with zero attached hydrogens (tertiary/aromatic N) is 3. The van der Waals surface area contributed by atoms with Crippen LogP contribution in [0.5, 0.6) is 0 Å². The summed E-state index contributed by atoms with van der Waals surface area (Å²) in [6, 6.07) is 0. The standard InChI is InChI=1S/C8H10O5.3C3H4N2S.Cd.2H2O/c9-7(10)5-3-1-2-4(13-3)6(5)8(11)12;3*4-3-5-1-2-6-3;;;/h3-6H,1-2H2,(H,9,10)(H,11,12);3*1-2H,(H2,4,5);;2*1H2/q;;;;+2;;/p-2/t3-,4+,5-,6+;;;;;;. The predicted molar refractivity (Wildman–Crippen MR) is 122 cm³/mol. The number of aromatic nitrogens is 3. The number of carbonyl (C=O) groups excluding carboxylic acids is 2. The molecule has 0 radical (unpaired) electrons. The monoisotopic (exact) mass is 634 g/mol. The third kappa shape index (κ3) is 11.0. The van der Waals surface area contributed by atoms with Crippen molar-refractivity contribution in [1.82, 2.24) is 15.0 Å². The van der Waals surface area contributed by atoms with Gasteiger partial charge in [0.2, 0.25) is 0 Å². The molecule has 0 saturated carbocycles. The molecule has 0 aliphatic carbocycles. The van der Waals surface area contributed by atoms with E-state index in [0.717, 1.165) is 0 Å². The molecule has 3 aromatic rings. The second kappa shape index (κ2) is 17.5. The fourth-order valence-corrected chi connectivity index (χ4v) is 4.13. The van der Waals surface area contributed by atoms with E-state index in [-0.39, 0.29) is 38.3 Å². The minimum absolute atomic E-state index is 0. The number of carboxylic acid groups (broad SMARTS) is 2. The van der Waals surface area contributed by atoms with Gasteiger partial charge in [-0.25, -0.2) is 15.0 Å². The van der Waals surface area contributed by atoms with E-state index >= 15 is 0 Å². The van der Waals surface area contributed by atoms with Crippen molar-refractivity contribution in [3.63, 3.8) is 0 Å². The molecule has 5 rings (SSSR count). The fraction of sp³-hybridized carbons (Fsp3) is 0.353. The molecule has 0 unspecified atom stereocenters. The second-order valence-electron chi connectivity index (χ2n) is 6.09.